The molecule has 0 saturated carbocycles. The van der Waals surface area contributed by atoms with Crippen LogP contribution in [-0.2, 0) is 4.79 Å². The van der Waals surface area contributed by atoms with E-state index in [-0.39, 0.29) is 5.91 Å². The number of amides is 1. The quantitative estimate of drug-likeness (QED) is 0.668. The van der Waals surface area contributed by atoms with Gasteiger partial charge in [0.2, 0.25) is 5.91 Å². The number of nitrogen functional groups attached to an aromatic ring is 1. The van der Waals surface area contributed by atoms with Gasteiger partial charge in [0.05, 0.1) is 17.4 Å². The lowest BCUT2D eigenvalue weighted by atomic mass is 10.2. The van der Waals surface area contributed by atoms with Gasteiger partial charge >= 0.3 is 0 Å². The van der Waals surface area contributed by atoms with Gasteiger partial charge in [0.1, 0.15) is 17.9 Å². The molecule has 1 heterocycles. The molecule has 1 unspecified atom stereocenters. The van der Waals surface area contributed by atoms with Gasteiger partial charge in [-0.1, -0.05) is 0 Å². The monoisotopic (exact) mass is 219 g/mol. The fourth-order valence-electron chi connectivity index (χ4n) is 1.17. The summed E-state index contributed by atoms with van der Waals surface area (Å²) in [6.45, 7) is 1.68. The highest BCUT2D eigenvalue weighted by Crippen LogP contribution is 2.14. The minimum absolute atomic E-state index is 0.178. The molecule has 0 aliphatic rings. The molecule has 84 valence electrons. The lowest BCUT2D eigenvalue weighted by Gasteiger charge is -2.13. The summed E-state index contributed by atoms with van der Waals surface area (Å²) in [6, 6.07) is 3.00. The first kappa shape index (κ1) is 11.8. The number of carbonyl (C=O) groups excluding carboxylic acids is 1. The third-order valence-electron chi connectivity index (χ3n) is 2.02. The number of nitrogens with two attached hydrogens (primary N) is 1. The first-order chi connectivity index (χ1) is 7.58. The van der Waals surface area contributed by atoms with Crippen molar-refractivity contribution in [3.05, 3.63) is 17.8 Å². The first-order valence-electron chi connectivity index (χ1n) is 4.72. The number of likely N-dealkylation sites (N-methyl/N-ethyl adjacent to an activating group) is 1. The molecule has 0 saturated heterocycles. The molecule has 0 aromatic carbocycles. The third-order valence-corrected chi connectivity index (χ3v) is 2.02. The zero-order chi connectivity index (χ0) is 12.1. The Morgan fingerprint density at radius 3 is 2.94 bits per heavy atom. The molecule has 0 radical (unpaired) electrons. The number of aromatic nitrogens is 1. The summed E-state index contributed by atoms with van der Waals surface area (Å²) in [6.07, 6.45) is 1.43. The summed E-state index contributed by atoms with van der Waals surface area (Å²) in [7, 11) is 1.54. The lowest BCUT2D eigenvalue weighted by Crippen LogP contribution is -2.35. The number of carbonyl (C=O) groups is 1. The van der Waals surface area contributed by atoms with E-state index in [9.17, 15) is 4.79 Å². The first-order valence-corrected chi connectivity index (χ1v) is 4.72. The number of anilines is 2. The number of hydrogen-bond donors (Lipinski definition) is 3. The summed E-state index contributed by atoms with van der Waals surface area (Å²) in [5.41, 5.74) is 6.23. The van der Waals surface area contributed by atoms with E-state index in [0.717, 1.165) is 0 Å². The van der Waals surface area contributed by atoms with Crippen LogP contribution < -0.4 is 16.4 Å². The lowest BCUT2D eigenvalue weighted by molar-refractivity contribution is -0.121. The highest BCUT2D eigenvalue weighted by molar-refractivity contribution is 5.84. The number of nitriles is 1. The van der Waals surface area contributed by atoms with E-state index in [2.05, 4.69) is 15.6 Å². The van der Waals surface area contributed by atoms with E-state index in [0.29, 0.717) is 17.1 Å². The van der Waals surface area contributed by atoms with Crippen LogP contribution in [0.3, 0.4) is 0 Å². The van der Waals surface area contributed by atoms with Gasteiger partial charge in [0.15, 0.2) is 0 Å². The second-order valence-corrected chi connectivity index (χ2v) is 3.26. The Morgan fingerprint density at radius 2 is 2.38 bits per heavy atom. The molecule has 0 aliphatic carbocycles. The highest BCUT2D eigenvalue weighted by Gasteiger charge is 2.13. The van der Waals surface area contributed by atoms with E-state index in [1.165, 1.54) is 12.3 Å². The van der Waals surface area contributed by atoms with Gasteiger partial charge in [-0.2, -0.15) is 5.26 Å². The van der Waals surface area contributed by atoms with Crippen LogP contribution in [0.15, 0.2) is 12.3 Å². The van der Waals surface area contributed by atoms with Crippen molar-refractivity contribution in [2.45, 2.75) is 13.0 Å². The highest BCUT2D eigenvalue weighted by atomic mass is 16.2. The zero-order valence-corrected chi connectivity index (χ0v) is 9.11. The number of nitrogens with zero attached hydrogens (tertiary/aromatic N) is 2. The topological polar surface area (TPSA) is 104 Å². The maximum absolute atomic E-state index is 11.3. The minimum Gasteiger partial charge on any atom is -0.397 e. The minimum atomic E-state index is -0.465. The van der Waals surface area contributed by atoms with E-state index in [1.807, 2.05) is 6.07 Å². The molecule has 1 aromatic rings. The molecule has 0 aliphatic heterocycles. The predicted molar refractivity (Wildman–Crippen MR) is 60.5 cm³/mol. The summed E-state index contributed by atoms with van der Waals surface area (Å²) in [5, 5.41) is 14.2. The second-order valence-electron chi connectivity index (χ2n) is 3.26. The maximum Gasteiger partial charge on any atom is 0.241 e. The Bertz CT molecular complexity index is 437. The number of hydrogen-bond acceptors (Lipinski definition) is 5. The molecule has 6 nitrogen and oxygen atoms in total. The smallest absolute Gasteiger partial charge is 0.241 e. The van der Waals surface area contributed by atoms with E-state index >= 15 is 0 Å². The van der Waals surface area contributed by atoms with Crippen LogP contribution in [0.2, 0.25) is 0 Å². The molecule has 1 atom stereocenters. The molecule has 4 N–H and O–H groups in total. The van der Waals surface area contributed by atoms with Crippen molar-refractivity contribution >= 4 is 17.4 Å². The van der Waals surface area contributed by atoms with Crippen molar-refractivity contribution in [3.63, 3.8) is 0 Å². The Kier molecular flexibility index (Phi) is 3.67. The van der Waals surface area contributed by atoms with Crippen LogP contribution in [0.25, 0.3) is 0 Å². The molecule has 1 rings (SSSR count). The van der Waals surface area contributed by atoms with Crippen LogP contribution in [0.5, 0.6) is 0 Å². The number of rotatable bonds is 3. The molecule has 1 aromatic heterocycles. The van der Waals surface area contributed by atoms with Crippen LogP contribution >= 0.6 is 0 Å². The molecule has 0 spiro atoms. The fraction of sp³-hybridized carbons (Fsp3) is 0.300. The van der Waals surface area contributed by atoms with Crippen LogP contribution in [0.1, 0.15) is 12.5 Å². The van der Waals surface area contributed by atoms with Crippen LogP contribution in [0.4, 0.5) is 11.5 Å². The molecular formula is C10H13N5O. The van der Waals surface area contributed by atoms with Crippen molar-refractivity contribution in [3.8, 4) is 6.07 Å². The molecule has 1 amide bonds. The van der Waals surface area contributed by atoms with Crippen LogP contribution in [0, 0.1) is 11.3 Å². The SMILES string of the molecule is CNC(=O)C(C)Nc1ncc(N)cc1C#N. The zero-order valence-electron chi connectivity index (χ0n) is 9.11. The third kappa shape index (κ3) is 2.60. The fourth-order valence-corrected chi connectivity index (χ4v) is 1.17. The normalized spacial score (nSPS) is 11.3. The molecular weight excluding hydrogens is 206 g/mol. The van der Waals surface area contributed by atoms with Gasteiger partial charge in [-0.25, -0.2) is 4.98 Å². The maximum atomic E-state index is 11.3. The predicted octanol–water partition coefficient (Wildman–Crippen LogP) is 0.0819. The van der Waals surface area contributed by atoms with Crippen molar-refractivity contribution in [1.29, 1.82) is 5.26 Å². The van der Waals surface area contributed by atoms with E-state index in [1.54, 1.807) is 14.0 Å². The van der Waals surface area contributed by atoms with Crippen molar-refractivity contribution < 1.29 is 4.79 Å². The summed E-state index contributed by atoms with van der Waals surface area (Å²) in [5.74, 6) is 0.176. The van der Waals surface area contributed by atoms with Crippen molar-refractivity contribution in [1.82, 2.24) is 10.3 Å². The number of nitrogens with one attached hydrogen (secondary N) is 2. The molecule has 6 heteroatoms. The average Bonchev–Trinajstić information content (AvgIpc) is 2.30. The molecule has 0 fully saturated rings. The Labute approximate surface area is 93.5 Å². The standard InChI is InChI=1S/C10H13N5O/c1-6(10(16)13-2)15-9-7(4-11)3-8(12)5-14-9/h3,5-6H,12H2,1-2H3,(H,13,16)(H,14,15). The van der Waals surface area contributed by atoms with Gasteiger partial charge in [-0.15, -0.1) is 0 Å². The molecule has 0 bridgehead atoms. The van der Waals surface area contributed by atoms with Gasteiger partial charge in [0, 0.05) is 7.05 Å². The van der Waals surface area contributed by atoms with Crippen molar-refractivity contribution in [2.75, 3.05) is 18.1 Å². The number of pyridine rings is 1. The van der Waals surface area contributed by atoms with Crippen molar-refractivity contribution in [2.24, 2.45) is 0 Å². The van der Waals surface area contributed by atoms with E-state index in [4.69, 9.17) is 11.0 Å². The van der Waals surface area contributed by atoms with Gasteiger partial charge in [-0.05, 0) is 13.0 Å². The van der Waals surface area contributed by atoms with Gasteiger partial charge in [0.25, 0.3) is 0 Å². The summed E-state index contributed by atoms with van der Waals surface area (Å²) < 4.78 is 0. The Balaban J connectivity index is 2.90. The summed E-state index contributed by atoms with van der Waals surface area (Å²) >= 11 is 0. The second kappa shape index (κ2) is 4.98. The molecule has 16 heavy (non-hydrogen) atoms. The average molecular weight is 219 g/mol. The van der Waals surface area contributed by atoms with Crippen LogP contribution in [-0.4, -0.2) is 24.0 Å². The van der Waals surface area contributed by atoms with Gasteiger partial charge < -0.3 is 16.4 Å². The Hall–Kier alpha value is -2.29. The van der Waals surface area contributed by atoms with Gasteiger partial charge in [-0.3, -0.25) is 4.79 Å². The van der Waals surface area contributed by atoms with E-state index < -0.39 is 6.04 Å². The Morgan fingerprint density at radius 1 is 1.69 bits per heavy atom. The largest absolute Gasteiger partial charge is 0.397 e. The summed E-state index contributed by atoms with van der Waals surface area (Å²) in [4.78, 5) is 15.2.